The number of rotatable bonds is 4. The molecule has 0 spiro atoms. The summed E-state index contributed by atoms with van der Waals surface area (Å²) in [5.74, 6) is -0.463. The molecule has 0 bridgehead atoms. The molecule has 2 heterocycles. The first-order valence-electron chi connectivity index (χ1n) is 7.63. The molecule has 1 aliphatic heterocycles. The summed E-state index contributed by atoms with van der Waals surface area (Å²) in [6, 6.07) is 5.96. The molecule has 2 aromatic rings. The van der Waals surface area contributed by atoms with Gasteiger partial charge in [0, 0.05) is 43.4 Å². The number of carbonyl (C=O) groups excluding carboxylic acids is 1. The number of hydrogen-bond acceptors (Lipinski definition) is 5. The van der Waals surface area contributed by atoms with Crippen LogP contribution < -0.4 is 10.2 Å². The molecule has 7 heteroatoms. The van der Waals surface area contributed by atoms with Gasteiger partial charge in [-0.1, -0.05) is 6.07 Å². The minimum atomic E-state index is -0.350. The van der Waals surface area contributed by atoms with E-state index in [1.54, 1.807) is 23.5 Å². The lowest BCUT2D eigenvalue weighted by atomic mass is 10.3. The van der Waals surface area contributed by atoms with Crippen molar-refractivity contribution in [3.05, 3.63) is 41.7 Å². The maximum Gasteiger partial charge on any atom is 0.238 e. The highest BCUT2D eigenvalue weighted by molar-refractivity contribution is 7.13. The molecule has 1 aromatic heterocycles. The predicted octanol–water partition coefficient (Wildman–Crippen LogP) is 2.43. The number of anilines is 2. The van der Waals surface area contributed by atoms with E-state index >= 15 is 0 Å². The zero-order valence-electron chi connectivity index (χ0n) is 12.7. The highest BCUT2D eigenvalue weighted by atomic mass is 32.1. The zero-order chi connectivity index (χ0) is 16.1. The molecule has 122 valence electrons. The third-order valence-corrected chi connectivity index (χ3v) is 4.59. The molecule has 1 saturated heterocycles. The van der Waals surface area contributed by atoms with Crippen LogP contribution in [-0.4, -0.2) is 48.5 Å². The molecule has 3 rings (SSSR count). The number of halogens is 1. The summed E-state index contributed by atoms with van der Waals surface area (Å²) in [5, 5.41) is 5.76. The van der Waals surface area contributed by atoms with Crippen LogP contribution in [0.1, 0.15) is 6.42 Å². The summed E-state index contributed by atoms with van der Waals surface area (Å²) >= 11 is 1.64. The smallest absolute Gasteiger partial charge is 0.238 e. The fourth-order valence-corrected chi connectivity index (χ4v) is 3.36. The first-order chi connectivity index (χ1) is 11.2. The number of nitrogens with zero attached hydrogens (tertiary/aromatic N) is 3. The van der Waals surface area contributed by atoms with E-state index < -0.39 is 0 Å². The van der Waals surface area contributed by atoms with Crippen molar-refractivity contribution in [2.45, 2.75) is 6.42 Å². The van der Waals surface area contributed by atoms with Gasteiger partial charge < -0.3 is 10.2 Å². The number of amides is 1. The SMILES string of the molecule is O=C(CN1CCCN(c2nccs2)CC1)Nc1cccc(F)c1. The predicted molar refractivity (Wildman–Crippen MR) is 90.4 cm³/mol. The van der Waals surface area contributed by atoms with Crippen LogP contribution in [0.25, 0.3) is 0 Å². The van der Waals surface area contributed by atoms with Crippen LogP contribution in [-0.2, 0) is 4.79 Å². The largest absolute Gasteiger partial charge is 0.347 e. The van der Waals surface area contributed by atoms with Crippen LogP contribution in [0.4, 0.5) is 15.2 Å². The molecule has 23 heavy (non-hydrogen) atoms. The number of benzene rings is 1. The van der Waals surface area contributed by atoms with Gasteiger partial charge in [0.1, 0.15) is 5.82 Å². The number of thiazole rings is 1. The summed E-state index contributed by atoms with van der Waals surface area (Å²) in [7, 11) is 0. The second-order valence-corrected chi connectivity index (χ2v) is 6.36. The Balaban J connectivity index is 1.51. The van der Waals surface area contributed by atoms with E-state index in [0.717, 1.165) is 37.7 Å². The van der Waals surface area contributed by atoms with E-state index in [1.807, 2.05) is 11.6 Å². The summed E-state index contributed by atoms with van der Waals surface area (Å²) in [6.45, 7) is 3.83. The topological polar surface area (TPSA) is 48.5 Å². The van der Waals surface area contributed by atoms with Crippen molar-refractivity contribution < 1.29 is 9.18 Å². The van der Waals surface area contributed by atoms with E-state index in [9.17, 15) is 9.18 Å². The van der Waals surface area contributed by atoms with Crippen molar-refractivity contribution in [1.82, 2.24) is 9.88 Å². The second kappa shape index (κ2) is 7.52. The lowest BCUT2D eigenvalue weighted by Crippen LogP contribution is -2.36. The molecule has 0 saturated carbocycles. The fraction of sp³-hybridized carbons (Fsp3) is 0.375. The second-order valence-electron chi connectivity index (χ2n) is 5.49. The van der Waals surface area contributed by atoms with Gasteiger partial charge in [0.05, 0.1) is 6.54 Å². The van der Waals surface area contributed by atoms with Gasteiger partial charge in [-0.15, -0.1) is 11.3 Å². The Hall–Kier alpha value is -1.99. The van der Waals surface area contributed by atoms with Gasteiger partial charge in [-0.25, -0.2) is 9.37 Å². The van der Waals surface area contributed by atoms with Crippen LogP contribution in [0.2, 0.25) is 0 Å². The van der Waals surface area contributed by atoms with Gasteiger partial charge in [-0.05, 0) is 24.6 Å². The number of aromatic nitrogens is 1. The normalized spacial score (nSPS) is 16.1. The van der Waals surface area contributed by atoms with Gasteiger partial charge in [0.15, 0.2) is 5.13 Å². The Bertz CT molecular complexity index is 649. The third kappa shape index (κ3) is 4.49. The minimum absolute atomic E-state index is 0.113. The minimum Gasteiger partial charge on any atom is -0.347 e. The molecule has 1 amide bonds. The summed E-state index contributed by atoms with van der Waals surface area (Å²) < 4.78 is 13.1. The van der Waals surface area contributed by atoms with Crippen molar-refractivity contribution in [2.75, 3.05) is 42.9 Å². The zero-order valence-corrected chi connectivity index (χ0v) is 13.6. The van der Waals surface area contributed by atoms with E-state index in [0.29, 0.717) is 12.2 Å². The lowest BCUT2D eigenvalue weighted by molar-refractivity contribution is -0.117. The van der Waals surface area contributed by atoms with Gasteiger partial charge in [0.2, 0.25) is 5.91 Å². The van der Waals surface area contributed by atoms with E-state index in [4.69, 9.17) is 0 Å². The lowest BCUT2D eigenvalue weighted by Gasteiger charge is -2.21. The monoisotopic (exact) mass is 334 g/mol. The molecular weight excluding hydrogens is 315 g/mol. The molecule has 0 atom stereocenters. The summed E-state index contributed by atoms with van der Waals surface area (Å²) in [6.07, 6.45) is 2.81. The highest BCUT2D eigenvalue weighted by Crippen LogP contribution is 2.19. The van der Waals surface area contributed by atoms with Crippen molar-refractivity contribution in [3.8, 4) is 0 Å². The van der Waals surface area contributed by atoms with Crippen molar-refractivity contribution >= 4 is 28.1 Å². The molecule has 0 radical (unpaired) electrons. The van der Waals surface area contributed by atoms with Crippen LogP contribution in [0.15, 0.2) is 35.8 Å². The highest BCUT2D eigenvalue weighted by Gasteiger charge is 2.18. The van der Waals surface area contributed by atoms with Crippen molar-refractivity contribution in [2.24, 2.45) is 0 Å². The van der Waals surface area contributed by atoms with Crippen LogP contribution in [0.3, 0.4) is 0 Å². The van der Waals surface area contributed by atoms with Crippen molar-refractivity contribution in [1.29, 1.82) is 0 Å². The average molecular weight is 334 g/mol. The molecule has 1 aliphatic rings. The summed E-state index contributed by atoms with van der Waals surface area (Å²) in [5.41, 5.74) is 0.495. The Morgan fingerprint density at radius 1 is 1.30 bits per heavy atom. The van der Waals surface area contributed by atoms with Crippen LogP contribution >= 0.6 is 11.3 Å². The van der Waals surface area contributed by atoms with E-state index in [-0.39, 0.29) is 11.7 Å². The van der Waals surface area contributed by atoms with E-state index in [1.165, 1.54) is 12.1 Å². The Kier molecular flexibility index (Phi) is 5.19. The molecular formula is C16H19FN4OS. The molecule has 1 aromatic carbocycles. The van der Waals surface area contributed by atoms with Crippen LogP contribution in [0.5, 0.6) is 0 Å². The molecule has 5 nitrogen and oxygen atoms in total. The van der Waals surface area contributed by atoms with Gasteiger partial charge in [-0.3, -0.25) is 9.69 Å². The first-order valence-corrected chi connectivity index (χ1v) is 8.51. The Morgan fingerprint density at radius 2 is 2.22 bits per heavy atom. The molecule has 1 N–H and O–H groups in total. The number of carbonyl (C=O) groups is 1. The Morgan fingerprint density at radius 3 is 3.00 bits per heavy atom. The van der Waals surface area contributed by atoms with Gasteiger partial charge >= 0.3 is 0 Å². The standard InChI is InChI=1S/C16H19FN4OS/c17-13-3-1-4-14(11-13)19-15(22)12-20-6-2-7-21(9-8-20)16-18-5-10-23-16/h1,3-5,10-11H,2,6-9,12H2,(H,19,22). The van der Waals surface area contributed by atoms with Crippen molar-refractivity contribution in [3.63, 3.8) is 0 Å². The van der Waals surface area contributed by atoms with Gasteiger partial charge in [0.25, 0.3) is 0 Å². The van der Waals surface area contributed by atoms with Gasteiger partial charge in [-0.2, -0.15) is 0 Å². The quantitative estimate of drug-likeness (QED) is 0.933. The number of nitrogens with one attached hydrogen (secondary N) is 1. The third-order valence-electron chi connectivity index (χ3n) is 3.75. The van der Waals surface area contributed by atoms with E-state index in [2.05, 4.69) is 20.1 Å². The van der Waals surface area contributed by atoms with Crippen LogP contribution in [0, 0.1) is 5.82 Å². The number of hydrogen-bond donors (Lipinski definition) is 1. The maximum atomic E-state index is 13.1. The molecule has 0 unspecified atom stereocenters. The average Bonchev–Trinajstić information content (AvgIpc) is 2.95. The maximum absolute atomic E-state index is 13.1. The molecule has 1 fully saturated rings. The fourth-order valence-electron chi connectivity index (χ4n) is 2.66. The first kappa shape index (κ1) is 15.9. The summed E-state index contributed by atoms with van der Waals surface area (Å²) in [4.78, 5) is 20.8. The Labute approximate surface area is 138 Å². The molecule has 0 aliphatic carbocycles.